The van der Waals surface area contributed by atoms with Gasteiger partial charge in [-0.25, -0.2) is 9.18 Å². The molecule has 1 aliphatic heterocycles. The summed E-state index contributed by atoms with van der Waals surface area (Å²) in [6.45, 7) is 2.87. The second kappa shape index (κ2) is 7.92. The first kappa shape index (κ1) is 16.4. The van der Waals surface area contributed by atoms with Crippen LogP contribution in [0.3, 0.4) is 0 Å². The topological polar surface area (TPSA) is 59.4 Å². The van der Waals surface area contributed by atoms with E-state index in [1.165, 1.54) is 12.1 Å². The molecule has 2 aromatic rings. The van der Waals surface area contributed by atoms with Gasteiger partial charge in [0.15, 0.2) is 0 Å². The molecule has 1 aromatic heterocycles. The first-order valence-corrected chi connectivity index (χ1v) is 8.09. The summed E-state index contributed by atoms with van der Waals surface area (Å²) < 4.78 is 20.6. The lowest BCUT2D eigenvalue weighted by Gasteiger charge is -2.33. The number of morpholine rings is 1. The van der Waals surface area contributed by atoms with E-state index >= 15 is 0 Å². The fourth-order valence-electron chi connectivity index (χ4n) is 2.69. The zero-order chi connectivity index (χ0) is 16.8. The van der Waals surface area contributed by atoms with E-state index < -0.39 is 0 Å². The Hall–Kier alpha value is -2.41. The standard InChI is InChI=1S/C17H21FN4O2/c18-15-5-3-14(4-6-15)16-13-21(11-12-24-16)17(23)19-7-1-9-22-10-2-8-20-22/h2-6,8,10,16H,1,7,9,11-13H2,(H,19,23)/t16-/m1/s1. The van der Waals surface area contributed by atoms with Crippen molar-refractivity contribution in [3.05, 3.63) is 54.1 Å². The van der Waals surface area contributed by atoms with Crippen molar-refractivity contribution in [3.63, 3.8) is 0 Å². The van der Waals surface area contributed by atoms with Gasteiger partial charge >= 0.3 is 6.03 Å². The summed E-state index contributed by atoms with van der Waals surface area (Å²) in [6.07, 6.45) is 4.24. The van der Waals surface area contributed by atoms with Crippen LogP contribution >= 0.6 is 0 Å². The fraction of sp³-hybridized carbons (Fsp3) is 0.412. The monoisotopic (exact) mass is 332 g/mol. The van der Waals surface area contributed by atoms with Crippen molar-refractivity contribution in [2.24, 2.45) is 0 Å². The molecule has 1 atom stereocenters. The van der Waals surface area contributed by atoms with Crippen LogP contribution in [0.1, 0.15) is 18.1 Å². The number of nitrogens with one attached hydrogen (secondary N) is 1. The lowest BCUT2D eigenvalue weighted by Crippen LogP contribution is -2.47. The second-order valence-corrected chi connectivity index (χ2v) is 5.71. The molecule has 0 unspecified atom stereocenters. The SMILES string of the molecule is O=C(NCCCn1cccn1)N1CCO[C@@H](c2ccc(F)cc2)C1. The number of benzene rings is 1. The zero-order valence-electron chi connectivity index (χ0n) is 13.4. The minimum absolute atomic E-state index is 0.0918. The number of hydrogen-bond acceptors (Lipinski definition) is 3. The van der Waals surface area contributed by atoms with Crippen LogP contribution in [0.25, 0.3) is 0 Å². The molecule has 1 aromatic carbocycles. The third-order valence-corrected chi connectivity index (χ3v) is 3.99. The van der Waals surface area contributed by atoms with Gasteiger partial charge in [0.25, 0.3) is 0 Å². The Morgan fingerprint density at radius 1 is 1.38 bits per heavy atom. The van der Waals surface area contributed by atoms with Gasteiger partial charge in [-0.2, -0.15) is 5.10 Å². The highest BCUT2D eigenvalue weighted by molar-refractivity contribution is 5.74. The van der Waals surface area contributed by atoms with Crippen LogP contribution in [-0.4, -0.2) is 47.0 Å². The molecule has 0 bridgehead atoms. The van der Waals surface area contributed by atoms with E-state index in [0.717, 1.165) is 18.5 Å². The first-order valence-electron chi connectivity index (χ1n) is 8.09. The van der Waals surface area contributed by atoms with Gasteiger partial charge in [0.2, 0.25) is 0 Å². The summed E-state index contributed by atoms with van der Waals surface area (Å²) in [7, 11) is 0. The van der Waals surface area contributed by atoms with E-state index in [9.17, 15) is 9.18 Å². The Morgan fingerprint density at radius 3 is 2.96 bits per heavy atom. The highest BCUT2D eigenvalue weighted by atomic mass is 19.1. The Balaban J connectivity index is 1.45. The molecule has 2 heterocycles. The van der Waals surface area contributed by atoms with Gasteiger partial charge in [0.1, 0.15) is 11.9 Å². The van der Waals surface area contributed by atoms with Gasteiger partial charge in [-0.3, -0.25) is 4.68 Å². The third kappa shape index (κ3) is 4.32. The Morgan fingerprint density at radius 2 is 2.21 bits per heavy atom. The van der Waals surface area contributed by atoms with Gasteiger partial charge in [-0.05, 0) is 30.2 Å². The van der Waals surface area contributed by atoms with Crippen LogP contribution < -0.4 is 5.32 Å². The Kier molecular flexibility index (Phi) is 5.43. The molecule has 0 aliphatic carbocycles. The minimum Gasteiger partial charge on any atom is -0.370 e. The quantitative estimate of drug-likeness (QED) is 0.854. The average molecular weight is 332 g/mol. The molecule has 0 saturated carbocycles. The predicted molar refractivity (Wildman–Crippen MR) is 86.9 cm³/mol. The van der Waals surface area contributed by atoms with Crippen molar-refractivity contribution in [2.45, 2.75) is 19.1 Å². The number of aryl methyl sites for hydroxylation is 1. The maximum Gasteiger partial charge on any atom is 0.317 e. The summed E-state index contributed by atoms with van der Waals surface area (Å²) in [5.74, 6) is -0.277. The largest absolute Gasteiger partial charge is 0.370 e. The Labute approximate surface area is 140 Å². The van der Waals surface area contributed by atoms with Crippen molar-refractivity contribution in [3.8, 4) is 0 Å². The molecule has 1 fully saturated rings. The van der Waals surface area contributed by atoms with E-state index in [-0.39, 0.29) is 18.0 Å². The summed E-state index contributed by atoms with van der Waals surface area (Å²) in [6, 6.07) is 8.00. The van der Waals surface area contributed by atoms with E-state index in [1.54, 1.807) is 23.2 Å². The van der Waals surface area contributed by atoms with Gasteiger partial charge in [-0.15, -0.1) is 0 Å². The van der Waals surface area contributed by atoms with Crippen LogP contribution in [0.15, 0.2) is 42.7 Å². The lowest BCUT2D eigenvalue weighted by atomic mass is 10.1. The first-order chi connectivity index (χ1) is 11.7. The lowest BCUT2D eigenvalue weighted by molar-refractivity contribution is -0.0154. The molecular weight excluding hydrogens is 311 g/mol. The van der Waals surface area contributed by atoms with Gasteiger partial charge in [0.05, 0.1) is 13.2 Å². The number of halogens is 1. The summed E-state index contributed by atoms with van der Waals surface area (Å²) in [5, 5.41) is 7.05. The van der Waals surface area contributed by atoms with E-state index in [0.29, 0.717) is 26.2 Å². The number of hydrogen-bond donors (Lipinski definition) is 1. The highest BCUT2D eigenvalue weighted by Crippen LogP contribution is 2.22. The molecule has 2 amide bonds. The number of ether oxygens (including phenoxy) is 1. The van der Waals surface area contributed by atoms with E-state index in [1.807, 2.05) is 16.9 Å². The molecule has 128 valence electrons. The zero-order valence-corrected chi connectivity index (χ0v) is 13.4. The normalized spacial score (nSPS) is 17.7. The molecule has 24 heavy (non-hydrogen) atoms. The van der Waals surface area contributed by atoms with E-state index in [2.05, 4.69) is 10.4 Å². The van der Waals surface area contributed by atoms with Gasteiger partial charge < -0.3 is 15.0 Å². The number of carbonyl (C=O) groups excluding carboxylic acids is 1. The minimum atomic E-state index is -0.277. The van der Waals surface area contributed by atoms with Gasteiger partial charge in [-0.1, -0.05) is 12.1 Å². The molecule has 1 saturated heterocycles. The average Bonchev–Trinajstić information content (AvgIpc) is 3.13. The van der Waals surface area contributed by atoms with Crippen LogP contribution in [0.5, 0.6) is 0 Å². The van der Waals surface area contributed by atoms with Crippen molar-refractivity contribution < 1.29 is 13.9 Å². The van der Waals surface area contributed by atoms with Crippen molar-refractivity contribution in [1.29, 1.82) is 0 Å². The smallest absolute Gasteiger partial charge is 0.317 e. The molecule has 3 rings (SSSR count). The number of carbonyl (C=O) groups is 1. The molecule has 0 radical (unpaired) electrons. The number of urea groups is 1. The molecule has 0 spiro atoms. The molecule has 6 nitrogen and oxygen atoms in total. The predicted octanol–water partition coefficient (Wildman–Crippen LogP) is 2.20. The molecule has 7 heteroatoms. The fourth-order valence-corrected chi connectivity index (χ4v) is 2.69. The summed E-state index contributed by atoms with van der Waals surface area (Å²) in [5.41, 5.74) is 0.882. The van der Waals surface area contributed by atoms with Crippen LogP contribution in [0, 0.1) is 5.82 Å². The Bertz CT molecular complexity index is 645. The number of aromatic nitrogens is 2. The number of rotatable bonds is 5. The van der Waals surface area contributed by atoms with Gasteiger partial charge in [0, 0.05) is 32.0 Å². The van der Waals surface area contributed by atoms with Crippen LogP contribution in [0.4, 0.5) is 9.18 Å². The molecule has 1 aliphatic rings. The van der Waals surface area contributed by atoms with Crippen LogP contribution in [0.2, 0.25) is 0 Å². The molecular formula is C17H21FN4O2. The summed E-state index contributed by atoms with van der Waals surface area (Å²) >= 11 is 0. The maximum absolute atomic E-state index is 13.0. The summed E-state index contributed by atoms with van der Waals surface area (Å²) in [4.78, 5) is 14.0. The third-order valence-electron chi connectivity index (χ3n) is 3.99. The molecule has 1 N–H and O–H groups in total. The maximum atomic E-state index is 13.0. The van der Waals surface area contributed by atoms with E-state index in [4.69, 9.17) is 4.74 Å². The number of amides is 2. The van der Waals surface area contributed by atoms with Crippen LogP contribution in [-0.2, 0) is 11.3 Å². The number of nitrogens with zero attached hydrogens (tertiary/aromatic N) is 3. The van der Waals surface area contributed by atoms with Crippen molar-refractivity contribution >= 4 is 6.03 Å². The van der Waals surface area contributed by atoms with Crippen molar-refractivity contribution in [2.75, 3.05) is 26.2 Å². The van der Waals surface area contributed by atoms with Crippen molar-refractivity contribution in [1.82, 2.24) is 20.0 Å². The highest BCUT2D eigenvalue weighted by Gasteiger charge is 2.25. The second-order valence-electron chi connectivity index (χ2n) is 5.71.